The van der Waals surface area contributed by atoms with E-state index >= 15 is 0 Å². The van der Waals surface area contributed by atoms with Crippen LogP contribution in [0.2, 0.25) is 0 Å². The highest BCUT2D eigenvalue weighted by Gasteiger charge is 2.40. The summed E-state index contributed by atoms with van der Waals surface area (Å²) in [7, 11) is -3.86. The van der Waals surface area contributed by atoms with Crippen LogP contribution >= 0.6 is 0 Å². The summed E-state index contributed by atoms with van der Waals surface area (Å²) in [6.07, 6.45) is 6.14. The molecule has 0 unspecified atom stereocenters. The Balaban J connectivity index is 1.37. The molecule has 0 spiro atoms. The molecule has 0 fully saturated rings. The highest BCUT2D eigenvalue weighted by Crippen LogP contribution is 2.38. The van der Waals surface area contributed by atoms with Gasteiger partial charge in [-0.05, 0) is 73.9 Å². The molecule has 4 N–H and O–H groups in total. The first-order valence-corrected chi connectivity index (χ1v) is 14.7. The molecule has 1 atom stereocenters. The summed E-state index contributed by atoms with van der Waals surface area (Å²) in [5.74, 6) is -0.331. The third-order valence-electron chi connectivity index (χ3n) is 6.92. The largest absolute Gasteiger partial charge is 0.512 e. The van der Waals surface area contributed by atoms with Crippen LogP contribution in [0.3, 0.4) is 0 Å². The number of cyclic esters (lactones) is 1. The van der Waals surface area contributed by atoms with Crippen LogP contribution in [0.25, 0.3) is 0 Å². The van der Waals surface area contributed by atoms with Gasteiger partial charge in [-0.25, -0.2) is 9.78 Å². The monoisotopic (exact) mass is 549 g/mol. The molecule has 1 aliphatic heterocycles. The van der Waals surface area contributed by atoms with Gasteiger partial charge in [-0.1, -0.05) is 55.8 Å². The number of nitrogens with one attached hydrogen (secondary N) is 1. The van der Waals surface area contributed by atoms with Gasteiger partial charge in [-0.2, -0.15) is 8.42 Å². The predicted molar refractivity (Wildman–Crippen MR) is 152 cm³/mol. The lowest BCUT2D eigenvalue weighted by Crippen LogP contribution is -2.40. The lowest BCUT2D eigenvalue weighted by Gasteiger charge is -2.37. The van der Waals surface area contributed by atoms with Gasteiger partial charge in [-0.15, -0.1) is 0 Å². The number of aliphatic hydroxyl groups is 1. The molecular formula is C30H35N3O5S. The maximum absolute atomic E-state index is 13.0. The second kappa shape index (κ2) is 12.3. The van der Waals surface area contributed by atoms with Gasteiger partial charge < -0.3 is 15.6 Å². The molecule has 8 nitrogen and oxygen atoms in total. The van der Waals surface area contributed by atoms with Crippen LogP contribution in [0.15, 0.2) is 89.3 Å². The quantitative estimate of drug-likeness (QED) is 0.246. The maximum Gasteiger partial charge on any atom is 0.337 e. The van der Waals surface area contributed by atoms with Crippen molar-refractivity contribution in [1.82, 2.24) is 4.98 Å². The number of nitrogens with zero attached hydrogens (tertiary/aromatic N) is 1. The number of carbonyl (C=O) groups excluding carboxylic acids is 1. The molecule has 3 aromatic rings. The van der Waals surface area contributed by atoms with E-state index in [0.29, 0.717) is 55.5 Å². The molecule has 206 valence electrons. The van der Waals surface area contributed by atoms with E-state index in [9.17, 15) is 18.3 Å². The van der Waals surface area contributed by atoms with Crippen LogP contribution in [0, 0.1) is 0 Å². The fourth-order valence-electron chi connectivity index (χ4n) is 4.96. The number of hydrogen-bond acceptors (Lipinski definition) is 7. The molecule has 0 saturated heterocycles. The van der Waals surface area contributed by atoms with Crippen LogP contribution in [0.5, 0.6) is 0 Å². The van der Waals surface area contributed by atoms with Gasteiger partial charge in [0.2, 0.25) is 0 Å². The van der Waals surface area contributed by atoms with E-state index in [1.165, 1.54) is 23.9 Å². The smallest absolute Gasteiger partial charge is 0.337 e. The number of carbonyl (C=O) groups is 1. The number of aromatic nitrogens is 1. The Kier molecular flexibility index (Phi) is 8.91. The number of rotatable bonds is 12. The molecule has 0 aliphatic carbocycles. The molecule has 1 aliphatic rings. The van der Waals surface area contributed by atoms with Gasteiger partial charge >= 0.3 is 5.97 Å². The molecule has 2 heterocycles. The first-order valence-electron chi connectivity index (χ1n) is 13.2. The van der Waals surface area contributed by atoms with Gasteiger partial charge in [0.25, 0.3) is 10.0 Å². The van der Waals surface area contributed by atoms with Crippen molar-refractivity contribution in [3.05, 3.63) is 95.4 Å². The van der Waals surface area contributed by atoms with E-state index in [0.717, 1.165) is 18.4 Å². The number of nitrogen functional groups attached to an aromatic ring is 1. The third kappa shape index (κ3) is 7.38. The molecule has 1 aromatic heterocycles. The number of pyridine rings is 1. The van der Waals surface area contributed by atoms with Crippen LogP contribution in [-0.4, -0.2) is 30.1 Å². The average Bonchev–Trinajstić information content (AvgIpc) is 2.90. The van der Waals surface area contributed by atoms with E-state index in [-0.39, 0.29) is 10.8 Å². The summed E-state index contributed by atoms with van der Waals surface area (Å²) in [6.45, 7) is 2.05. The molecule has 0 amide bonds. The Labute approximate surface area is 230 Å². The van der Waals surface area contributed by atoms with Crippen molar-refractivity contribution >= 4 is 27.4 Å². The van der Waals surface area contributed by atoms with Crippen molar-refractivity contribution in [3.63, 3.8) is 0 Å². The van der Waals surface area contributed by atoms with Gasteiger partial charge in [0.1, 0.15) is 11.4 Å². The minimum Gasteiger partial charge on any atom is -0.512 e. The molecular weight excluding hydrogens is 514 g/mol. The lowest BCUT2D eigenvalue weighted by atomic mass is 9.83. The summed E-state index contributed by atoms with van der Waals surface area (Å²) in [5, 5.41) is 10.8. The van der Waals surface area contributed by atoms with Crippen LogP contribution in [0.1, 0.15) is 56.6 Å². The number of nitrogens with two attached hydrogens (primary N) is 1. The van der Waals surface area contributed by atoms with Crippen molar-refractivity contribution in [2.24, 2.45) is 0 Å². The number of hydrogen-bond donors (Lipinski definition) is 3. The van der Waals surface area contributed by atoms with E-state index in [4.69, 9.17) is 10.5 Å². The number of aliphatic hydroxyl groups excluding tert-OH is 1. The highest BCUT2D eigenvalue weighted by molar-refractivity contribution is 7.92. The van der Waals surface area contributed by atoms with Crippen molar-refractivity contribution in [2.75, 3.05) is 10.5 Å². The zero-order chi connectivity index (χ0) is 27.9. The molecule has 9 heteroatoms. The first kappa shape index (κ1) is 28.2. The normalized spacial score (nSPS) is 17.6. The minimum absolute atomic E-state index is 0.116. The SMILES string of the molecule is CCC[C@@]1(CCc2ccccc2)CC(O)=C(CCCc2cccc(NS(=O)(=O)c3ccc(N)cn3)c2)C(=O)O1. The van der Waals surface area contributed by atoms with Crippen molar-refractivity contribution in [1.29, 1.82) is 0 Å². The molecule has 0 radical (unpaired) electrons. The summed E-state index contributed by atoms with van der Waals surface area (Å²) in [4.78, 5) is 16.9. The summed E-state index contributed by atoms with van der Waals surface area (Å²) in [5.41, 5.74) is 8.09. The molecule has 4 rings (SSSR count). The number of benzene rings is 2. The van der Waals surface area contributed by atoms with Crippen LogP contribution in [-0.2, 0) is 32.4 Å². The number of anilines is 2. The van der Waals surface area contributed by atoms with Gasteiger partial charge in [0.05, 0.1) is 17.5 Å². The Morgan fingerprint density at radius 1 is 1.00 bits per heavy atom. The predicted octanol–water partition coefficient (Wildman–Crippen LogP) is 5.72. The van der Waals surface area contributed by atoms with Gasteiger partial charge in [0, 0.05) is 12.1 Å². The second-order valence-corrected chi connectivity index (χ2v) is 11.6. The Hall–Kier alpha value is -3.85. The molecule has 0 saturated carbocycles. The first-order chi connectivity index (χ1) is 18.7. The standard InChI is InChI=1S/C30H35N3O5S/c1-2-17-30(18-16-22-8-4-3-5-9-22)20-27(34)26(29(35)38-30)13-7-11-23-10-6-12-25(19-23)33-39(36,37)28-15-14-24(31)21-32-28/h3-6,8-10,12,14-15,19,21,33-34H,2,7,11,13,16-18,20,31H2,1H3/t30-/m1/s1. The third-order valence-corrected chi connectivity index (χ3v) is 8.21. The van der Waals surface area contributed by atoms with E-state index < -0.39 is 21.6 Å². The Bertz CT molecular complexity index is 1420. The van der Waals surface area contributed by atoms with Crippen molar-refractivity contribution < 1.29 is 23.1 Å². The number of esters is 1. The highest BCUT2D eigenvalue weighted by atomic mass is 32.2. The van der Waals surface area contributed by atoms with E-state index in [1.54, 1.807) is 18.2 Å². The van der Waals surface area contributed by atoms with E-state index in [2.05, 4.69) is 28.8 Å². The number of aryl methyl sites for hydroxylation is 2. The summed E-state index contributed by atoms with van der Waals surface area (Å²) < 4.78 is 33.8. The zero-order valence-corrected chi connectivity index (χ0v) is 22.9. The van der Waals surface area contributed by atoms with Crippen LogP contribution < -0.4 is 10.5 Å². The Morgan fingerprint density at radius 3 is 2.46 bits per heavy atom. The number of sulfonamides is 1. The summed E-state index contributed by atoms with van der Waals surface area (Å²) >= 11 is 0. The fraction of sp³-hybridized carbons (Fsp3) is 0.333. The minimum atomic E-state index is -3.86. The fourth-order valence-corrected chi connectivity index (χ4v) is 5.94. The second-order valence-electron chi connectivity index (χ2n) is 10.00. The van der Waals surface area contributed by atoms with E-state index in [1.807, 2.05) is 24.3 Å². The molecule has 2 aromatic carbocycles. The topological polar surface area (TPSA) is 132 Å². The van der Waals surface area contributed by atoms with Gasteiger partial charge in [0.15, 0.2) is 5.03 Å². The number of ether oxygens (including phenoxy) is 1. The Morgan fingerprint density at radius 2 is 1.77 bits per heavy atom. The van der Waals surface area contributed by atoms with Crippen molar-refractivity contribution in [3.8, 4) is 0 Å². The zero-order valence-electron chi connectivity index (χ0n) is 22.1. The maximum atomic E-state index is 13.0. The average molecular weight is 550 g/mol. The molecule has 39 heavy (non-hydrogen) atoms. The van der Waals surface area contributed by atoms with Crippen molar-refractivity contribution in [2.45, 2.75) is 68.9 Å². The van der Waals surface area contributed by atoms with Crippen LogP contribution in [0.4, 0.5) is 11.4 Å². The van der Waals surface area contributed by atoms with Gasteiger partial charge in [-0.3, -0.25) is 4.72 Å². The molecule has 0 bridgehead atoms. The lowest BCUT2D eigenvalue weighted by molar-refractivity contribution is -0.161. The summed E-state index contributed by atoms with van der Waals surface area (Å²) in [6, 6.07) is 20.0.